The van der Waals surface area contributed by atoms with Gasteiger partial charge in [0.1, 0.15) is 43.2 Å². The molecular formula is C49H93O13P. The number of aliphatic hydroxyl groups is 5. The Labute approximate surface area is 382 Å². The monoisotopic (exact) mass is 921 g/mol. The lowest BCUT2D eigenvalue weighted by atomic mass is 9.85. The van der Waals surface area contributed by atoms with E-state index in [-0.39, 0.29) is 12.8 Å². The van der Waals surface area contributed by atoms with Crippen LogP contribution in [0, 0.1) is 0 Å². The van der Waals surface area contributed by atoms with E-state index in [9.17, 15) is 44.6 Å². The van der Waals surface area contributed by atoms with Crippen LogP contribution in [0.3, 0.4) is 0 Å². The van der Waals surface area contributed by atoms with E-state index in [0.29, 0.717) is 12.8 Å². The second-order valence-corrected chi connectivity index (χ2v) is 19.4. The van der Waals surface area contributed by atoms with Gasteiger partial charge in [-0.05, 0) is 38.5 Å². The number of aliphatic hydroxyl groups excluding tert-OH is 5. The average molecular weight is 921 g/mol. The SMILES string of the molecule is CCCCCCC/C=C/CCCCCCCC(=O)OC[C@H](COP(=O)(O)OC1C(O)C(O)C(O)[C@@H](O)C1O)OC(=O)CCCCCCCCCCCCCCCCCCCCCC. The molecule has 8 atom stereocenters. The Morgan fingerprint density at radius 3 is 1.21 bits per heavy atom. The summed E-state index contributed by atoms with van der Waals surface area (Å²) in [5, 5.41) is 50.2. The summed E-state index contributed by atoms with van der Waals surface area (Å²) in [7, 11) is -5.12. The molecule has 0 spiro atoms. The Morgan fingerprint density at radius 2 is 0.810 bits per heavy atom. The highest BCUT2D eigenvalue weighted by Crippen LogP contribution is 2.47. The van der Waals surface area contributed by atoms with Crippen LogP contribution in [0.25, 0.3) is 0 Å². The normalized spacial score (nSPS) is 21.7. The number of hydrogen-bond acceptors (Lipinski definition) is 12. The molecule has 6 N–H and O–H groups in total. The zero-order valence-corrected chi connectivity index (χ0v) is 40.5. The number of unbranched alkanes of at least 4 members (excludes halogenated alkanes) is 29. The van der Waals surface area contributed by atoms with E-state index in [2.05, 4.69) is 26.0 Å². The molecule has 1 rings (SSSR count). The van der Waals surface area contributed by atoms with E-state index in [1.165, 1.54) is 135 Å². The highest BCUT2D eigenvalue weighted by molar-refractivity contribution is 7.47. The molecule has 1 fully saturated rings. The van der Waals surface area contributed by atoms with Crippen molar-refractivity contribution in [3.8, 4) is 0 Å². The third kappa shape index (κ3) is 32.0. The van der Waals surface area contributed by atoms with Gasteiger partial charge in [-0.1, -0.05) is 193 Å². The minimum absolute atomic E-state index is 0.101. The second-order valence-electron chi connectivity index (χ2n) is 18.0. The van der Waals surface area contributed by atoms with Crippen molar-refractivity contribution in [1.29, 1.82) is 0 Å². The van der Waals surface area contributed by atoms with Crippen LogP contribution in [-0.2, 0) is 32.7 Å². The van der Waals surface area contributed by atoms with Crippen molar-refractivity contribution in [3.63, 3.8) is 0 Å². The maximum atomic E-state index is 12.8. The molecule has 13 nitrogen and oxygen atoms in total. The van der Waals surface area contributed by atoms with Gasteiger partial charge in [0, 0.05) is 12.8 Å². The van der Waals surface area contributed by atoms with E-state index in [4.69, 9.17) is 18.5 Å². The molecule has 1 saturated carbocycles. The number of rotatable bonds is 43. The minimum atomic E-state index is -5.12. The molecule has 0 aromatic heterocycles. The summed E-state index contributed by atoms with van der Waals surface area (Å²) in [5.41, 5.74) is 0. The number of carbonyl (C=O) groups is 2. The van der Waals surface area contributed by atoms with E-state index in [1.807, 2.05) is 0 Å². The largest absolute Gasteiger partial charge is 0.472 e. The van der Waals surface area contributed by atoms with E-state index < -0.39 is 75.7 Å². The molecule has 0 amide bonds. The van der Waals surface area contributed by atoms with Gasteiger partial charge in [-0.25, -0.2) is 4.57 Å². The molecule has 14 heteroatoms. The number of phosphoric acid groups is 1. The molecule has 63 heavy (non-hydrogen) atoms. The van der Waals surface area contributed by atoms with Crippen molar-refractivity contribution >= 4 is 19.8 Å². The summed E-state index contributed by atoms with van der Waals surface area (Å²) in [6.45, 7) is 3.32. The highest BCUT2D eigenvalue weighted by Gasteiger charge is 2.51. The summed E-state index contributed by atoms with van der Waals surface area (Å²) in [5.74, 6) is -1.10. The summed E-state index contributed by atoms with van der Waals surface area (Å²) < 4.78 is 33.6. The Balaban J connectivity index is 2.39. The first-order chi connectivity index (χ1) is 30.4. The van der Waals surface area contributed by atoms with Gasteiger partial charge in [0.05, 0.1) is 6.61 Å². The third-order valence-electron chi connectivity index (χ3n) is 12.1. The molecule has 0 aromatic carbocycles. The van der Waals surface area contributed by atoms with Crippen molar-refractivity contribution < 1.29 is 63.1 Å². The van der Waals surface area contributed by atoms with Gasteiger partial charge in [0.15, 0.2) is 6.10 Å². The number of phosphoric ester groups is 1. The smallest absolute Gasteiger partial charge is 0.462 e. The van der Waals surface area contributed by atoms with Crippen LogP contribution in [0.4, 0.5) is 0 Å². The molecule has 0 heterocycles. The lowest BCUT2D eigenvalue weighted by molar-refractivity contribution is -0.220. The van der Waals surface area contributed by atoms with Crippen LogP contribution in [0.1, 0.15) is 232 Å². The van der Waals surface area contributed by atoms with Gasteiger partial charge in [-0.3, -0.25) is 18.6 Å². The Bertz CT molecular complexity index is 1160. The zero-order chi connectivity index (χ0) is 46.4. The maximum absolute atomic E-state index is 12.8. The van der Waals surface area contributed by atoms with E-state index >= 15 is 0 Å². The fourth-order valence-electron chi connectivity index (χ4n) is 7.99. The number of allylic oxidation sites excluding steroid dienone is 2. The first-order valence-electron chi connectivity index (χ1n) is 25.5. The van der Waals surface area contributed by atoms with Gasteiger partial charge in [0.2, 0.25) is 0 Å². The molecular weight excluding hydrogens is 827 g/mol. The third-order valence-corrected chi connectivity index (χ3v) is 13.1. The lowest BCUT2D eigenvalue weighted by Gasteiger charge is -2.41. The maximum Gasteiger partial charge on any atom is 0.472 e. The van der Waals surface area contributed by atoms with Crippen molar-refractivity contribution in [2.45, 2.75) is 275 Å². The number of ether oxygens (including phenoxy) is 2. The summed E-state index contributed by atoms with van der Waals surface area (Å²) in [4.78, 5) is 35.8. The molecule has 6 unspecified atom stereocenters. The Kier molecular flexibility index (Phi) is 37.6. The number of esters is 2. The molecule has 0 aromatic rings. The molecule has 1 aliphatic rings. The van der Waals surface area contributed by atoms with Crippen LogP contribution >= 0.6 is 7.82 Å². The first kappa shape index (κ1) is 59.6. The topological polar surface area (TPSA) is 210 Å². The van der Waals surface area contributed by atoms with Crippen LogP contribution in [0.5, 0.6) is 0 Å². The summed E-state index contributed by atoms with van der Waals surface area (Å²) >= 11 is 0. The quantitative estimate of drug-likeness (QED) is 0.0146. The first-order valence-corrected chi connectivity index (χ1v) is 27.0. The molecule has 0 saturated heterocycles. The second kappa shape index (κ2) is 39.7. The van der Waals surface area contributed by atoms with Crippen molar-refractivity contribution in [1.82, 2.24) is 0 Å². The highest BCUT2D eigenvalue weighted by atomic mass is 31.2. The molecule has 372 valence electrons. The fraction of sp³-hybridized carbons (Fsp3) is 0.918. The van der Waals surface area contributed by atoms with Crippen LogP contribution < -0.4 is 0 Å². The lowest BCUT2D eigenvalue weighted by Crippen LogP contribution is -2.64. The van der Waals surface area contributed by atoms with E-state index in [0.717, 1.165) is 57.8 Å². The molecule has 0 radical (unpaired) electrons. The number of carbonyl (C=O) groups excluding carboxylic acids is 2. The fourth-order valence-corrected chi connectivity index (χ4v) is 8.96. The minimum Gasteiger partial charge on any atom is -0.462 e. The van der Waals surface area contributed by atoms with E-state index in [1.54, 1.807) is 0 Å². The predicted octanol–water partition coefficient (Wildman–Crippen LogP) is 10.6. The van der Waals surface area contributed by atoms with Gasteiger partial charge in [-0.2, -0.15) is 0 Å². The van der Waals surface area contributed by atoms with Crippen molar-refractivity contribution in [3.05, 3.63) is 12.2 Å². The van der Waals surface area contributed by atoms with Crippen LogP contribution in [0.15, 0.2) is 12.2 Å². The molecule has 0 aliphatic heterocycles. The Hall–Kier alpha value is -1.41. The summed E-state index contributed by atoms with van der Waals surface area (Å²) in [6, 6.07) is 0. The summed E-state index contributed by atoms with van der Waals surface area (Å²) in [6.07, 6.45) is 29.8. The number of hydrogen-bond donors (Lipinski definition) is 6. The van der Waals surface area contributed by atoms with Crippen LogP contribution in [-0.4, -0.2) is 98.3 Å². The van der Waals surface area contributed by atoms with Gasteiger partial charge < -0.3 is 39.9 Å². The predicted molar refractivity (Wildman–Crippen MR) is 249 cm³/mol. The molecule has 1 aliphatic carbocycles. The van der Waals surface area contributed by atoms with Gasteiger partial charge in [0.25, 0.3) is 0 Å². The van der Waals surface area contributed by atoms with Crippen LogP contribution in [0.2, 0.25) is 0 Å². The standard InChI is InChI=1S/C49H93O13P/c1-3-5-7-9-11-13-15-17-19-20-21-22-23-24-26-28-30-32-34-36-38-43(51)61-41(40-60-63(57,58)62-49-47(55)45(53)44(52)46(54)48(49)56)39-59-42(50)37-35-33-31-29-27-25-18-16-14-12-10-8-6-4-2/h16,18,41,44-49,52-56H,3-15,17,19-40H2,1-2H3,(H,57,58)/b18-16+/t41-,44?,45-,46?,47?,48?,49?/m1/s1. The molecule has 0 bridgehead atoms. The van der Waals surface area contributed by atoms with Crippen molar-refractivity contribution in [2.75, 3.05) is 13.2 Å². The zero-order valence-electron chi connectivity index (χ0n) is 39.6. The van der Waals surface area contributed by atoms with Gasteiger partial charge in [-0.15, -0.1) is 0 Å². The average Bonchev–Trinajstić information content (AvgIpc) is 3.26. The van der Waals surface area contributed by atoms with Crippen molar-refractivity contribution in [2.24, 2.45) is 0 Å². The Morgan fingerprint density at radius 1 is 0.476 bits per heavy atom. The van der Waals surface area contributed by atoms with Gasteiger partial charge >= 0.3 is 19.8 Å².